The normalized spacial score (nSPS) is 27.8. The van der Waals surface area contributed by atoms with Gasteiger partial charge in [-0.3, -0.25) is 4.79 Å². The van der Waals surface area contributed by atoms with Crippen molar-refractivity contribution in [2.45, 2.75) is 349 Å². The molecule has 0 saturated carbocycles. The predicted octanol–water partition coefficient (Wildman–Crippen LogP) is 10.8. The molecule has 0 spiro atoms. The SMILES string of the molecule is CC/C=C\C/C=C\C/C=C\C/C=C\C/C=C\CCCCCCCCCCCCCCCCCCCCCCCC(=O)NC(COC1OC(CO)C(OC2OC(CO)C(OC3OC(CO)C(O)C(O)C3O)C(O)C2O)C(O)C1O)C(O)/C=C/CC/C=C/CC/C=C/CCCCC. The van der Waals surface area contributed by atoms with Gasteiger partial charge in [-0.2, -0.15) is 0 Å². The minimum Gasteiger partial charge on any atom is -0.394 e. The first-order valence-electron chi connectivity index (χ1n) is 37.0. The quantitative estimate of drug-likeness (QED) is 0.0199. The van der Waals surface area contributed by atoms with Gasteiger partial charge >= 0.3 is 0 Å². The molecule has 548 valence electrons. The molecule has 17 atom stereocenters. The smallest absolute Gasteiger partial charge is 0.220 e. The molecule has 3 fully saturated rings. The van der Waals surface area contributed by atoms with Crippen molar-refractivity contribution in [1.29, 1.82) is 0 Å². The van der Waals surface area contributed by atoms with Crippen molar-refractivity contribution in [2.75, 3.05) is 26.4 Å². The van der Waals surface area contributed by atoms with Crippen molar-refractivity contribution in [3.05, 3.63) is 97.2 Å². The van der Waals surface area contributed by atoms with Crippen molar-refractivity contribution in [3.63, 3.8) is 0 Å². The number of ether oxygens (including phenoxy) is 6. The lowest BCUT2D eigenvalue weighted by Gasteiger charge is -2.48. The van der Waals surface area contributed by atoms with Gasteiger partial charge in [0.25, 0.3) is 0 Å². The third-order valence-corrected chi connectivity index (χ3v) is 17.8. The fraction of sp³-hybridized carbons (Fsp3) is 0.776. The summed E-state index contributed by atoms with van der Waals surface area (Å²) < 4.78 is 34.3. The van der Waals surface area contributed by atoms with Crippen LogP contribution >= 0.6 is 0 Å². The second-order valence-electron chi connectivity index (χ2n) is 26.0. The third kappa shape index (κ3) is 37.6. The molecule has 0 aliphatic carbocycles. The van der Waals surface area contributed by atoms with E-state index in [0.717, 1.165) is 77.0 Å². The number of amides is 1. The number of carbonyl (C=O) groups excluding carboxylic acids is 1. The summed E-state index contributed by atoms with van der Waals surface area (Å²) in [6.07, 6.45) is 48.5. The van der Waals surface area contributed by atoms with Gasteiger partial charge in [0.2, 0.25) is 5.91 Å². The highest BCUT2D eigenvalue weighted by atomic mass is 16.8. The lowest BCUT2D eigenvalue weighted by atomic mass is 9.96. The Balaban J connectivity index is 1.32. The molecular weight excluding hydrogens is 1210 g/mol. The number of carbonyl (C=O) groups is 1. The third-order valence-electron chi connectivity index (χ3n) is 17.8. The Labute approximate surface area is 571 Å². The van der Waals surface area contributed by atoms with Crippen LogP contribution in [0.5, 0.6) is 0 Å². The van der Waals surface area contributed by atoms with Crippen LogP contribution in [0.1, 0.15) is 245 Å². The molecule has 17 unspecified atom stereocenters. The van der Waals surface area contributed by atoms with Crippen LogP contribution in [0.2, 0.25) is 0 Å². The maximum atomic E-state index is 13.4. The number of allylic oxidation sites excluding steroid dienone is 15. The van der Waals surface area contributed by atoms with E-state index >= 15 is 0 Å². The molecule has 3 rings (SSSR count). The highest BCUT2D eigenvalue weighted by Crippen LogP contribution is 2.33. The maximum absolute atomic E-state index is 13.4. The van der Waals surface area contributed by atoms with E-state index in [1.165, 1.54) is 135 Å². The second-order valence-corrected chi connectivity index (χ2v) is 26.0. The van der Waals surface area contributed by atoms with E-state index in [9.17, 15) is 61.0 Å². The van der Waals surface area contributed by atoms with Gasteiger partial charge in [0.1, 0.15) is 73.2 Å². The van der Waals surface area contributed by atoms with Crippen molar-refractivity contribution in [1.82, 2.24) is 5.32 Å². The molecule has 0 aromatic rings. The topological polar surface area (TPSA) is 307 Å². The first-order valence-corrected chi connectivity index (χ1v) is 37.0. The van der Waals surface area contributed by atoms with Crippen LogP contribution in [-0.2, 0) is 33.2 Å². The number of unbranched alkanes of at least 4 members (excludes halogenated alkanes) is 26. The van der Waals surface area contributed by atoms with Crippen molar-refractivity contribution in [3.8, 4) is 0 Å². The Hall–Kier alpha value is -3.29. The van der Waals surface area contributed by atoms with Crippen LogP contribution in [0.4, 0.5) is 0 Å². The molecule has 3 saturated heterocycles. The van der Waals surface area contributed by atoms with E-state index in [-0.39, 0.29) is 18.9 Å². The number of hydrogen-bond acceptors (Lipinski definition) is 18. The van der Waals surface area contributed by atoms with Gasteiger partial charge in [0.15, 0.2) is 18.9 Å². The average Bonchev–Trinajstić information content (AvgIpc) is 0.791. The molecule has 95 heavy (non-hydrogen) atoms. The lowest BCUT2D eigenvalue weighted by Crippen LogP contribution is -2.66. The van der Waals surface area contributed by atoms with Gasteiger partial charge in [-0.05, 0) is 89.9 Å². The molecule has 3 aliphatic heterocycles. The number of aliphatic hydroxyl groups excluding tert-OH is 11. The summed E-state index contributed by atoms with van der Waals surface area (Å²) in [7, 11) is 0. The van der Waals surface area contributed by atoms with Gasteiger partial charge in [0.05, 0.1) is 38.6 Å². The minimum atomic E-state index is -1.98. The molecule has 3 heterocycles. The van der Waals surface area contributed by atoms with E-state index in [1.54, 1.807) is 6.08 Å². The molecule has 1 amide bonds. The summed E-state index contributed by atoms with van der Waals surface area (Å²) in [5.41, 5.74) is 0. The molecule has 0 radical (unpaired) electrons. The van der Waals surface area contributed by atoms with Crippen LogP contribution in [0.3, 0.4) is 0 Å². The minimum absolute atomic E-state index is 0.230. The van der Waals surface area contributed by atoms with Crippen molar-refractivity contribution >= 4 is 5.91 Å². The average molecular weight is 1350 g/mol. The monoisotopic (exact) mass is 1350 g/mol. The zero-order valence-electron chi connectivity index (χ0n) is 58.1. The number of rotatable bonds is 56. The summed E-state index contributed by atoms with van der Waals surface area (Å²) >= 11 is 0. The highest BCUT2D eigenvalue weighted by Gasteiger charge is 2.53. The van der Waals surface area contributed by atoms with Crippen molar-refractivity contribution in [2.24, 2.45) is 0 Å². The molecule has 19 nitrogen and oxygen atoms in total. The zero-order chi connectivity index (χ0) is 68.9. The summed E-state index contributed by atoms with van der Waals surface area (Å²) in [4.78, 5) is 13.4. The van der Waals surface area contributed by atoms with E-state index in [1.807, 2.05) is 6.08 Å². The summed E-state index contributed by atoms with van der Waals surface area (Å²) in [5, 5.41) is 120. The molecule has 3 aliphatic rings. The number of hydrogen-bond donors (Lipinski definition) is 12. The highest BCUT2D eigenvalue weighted by molar-refractivity contribution is 5.76. The Morgan fingerprint density at radius 3 is 1.18 bits per heavy atom. The van der Waals surface area contributed by atoms with Gasteiger partial charge in [-0.1, -0.05) is 246 Å². The van der Waals surface area contributed by atoms with E-state index < -0.39 is 124 Å². The lowest BCUT2D eigenvalue weighted by molar-refractivity contribution is -0.379. The van der Waals surface area contributed by atoms with E-state index in [0.29, 0.717) is 12.8 Å². The van der Waals surface area contributed by atoms with Crippen LogP contribution < -0.4 is 5.32 Å². The van der Waals surface area contributed by atoms with Gasteiger partial charge in [0, 0.05) is 6.42 Å². The molecule has 0 bridgehead atoms. The maximum Gasteiger partial charge on any atom is 0.220 e. The number of aliphatic hydroxyl groups is 11. The van der Waals surface area contributed by atoms with E-state index in [2.05, 4.69) is 104 Å². The number of nitrogens with one attached hydrogen (secondary N) is 1. The van der Waals surface area contributed by atoms with Gasteiger partial charge in [-0.15, -0.1) is 0 Å². The molecule has 19 heteroatoms. The Morgan fingerprint density at radius 1 is 0.389 bits per heavy atom. The fourth-order valence-electron chi connectivity index (χ4n) is 11.9. The fourth-order valence-corrected chi connectivity index (χ4v) is 11.9. The van der Waals surface area contributed by atoms with E-state index in [4.69, 9.17) is 28.4 Å². The van der Waals surface area contributed by atoms with Gasteiger partial charge in [-0.25, -0.2) is 0 Å². The molecule has 0 aromatic carbocycles. The Bertz CT molecular complexity index is 2100. The largest absolute Gasteiger partial charge is 0.394 e. The van der Waals surface area contributed by atoms with Crippen LogP contribution in [0, 0.1) is 0 Å². The van der Waals surface area contributed by atoms with Crippen LogP contribution in [0.25, 0.3) is 0 Å². The van der Waals surface area contributed by atoms with Crippen LogP contribution in [0.15, 0.2) is 97.2 Å². The molecular formula is C76H131NO18. The first-order chi connectivity index (χ1) is 46.3. The Kier molecular flexibility index (Phi) is 51.1. The predicted molar refractivity (Wildman–Crippen MR) is 374 cm³/mol. The summed E-state index contributed by atoms with van der Waals surface area (Å²) in [5.74, 6) is -0.291. The first kappa shape index (κ1) is 85.9. The van der Waals surface area contributed by atoms with Crippen LogP contribution in [-0.4, -0.2) is 193 Å². The summed E-state index contributed by atoms with van der Waals surface area (Å²) in [6.45, 7) is 1.55. The van der Waals surface area contributed by atoms with Gasteiger partial charge < -0.3 is 89.9 Å². The molecule has 12 N–H and O–H groups in total. The van der Waals surface area contributed by atoms with Crippen molar-refractivity contribution < 1.29 is 89.4 Å². The standard InChI is InChI=1S/C76H131NO18/c1-3-5-7-9-11-13-15-17-18-19-20-21-22-23-24-25-26-27-28-29-30-31-32-33-34-35-36-37-38-39-40-42-44-46-48-50-52-54-64(82)77-59(60(81)53-51-49-47-45-43-41-16-14-12-10-8-6-4-2)58-90-74-70(88)67(85)72(62(56-79)92-74)95-76-71(89)68(86)73(63(57-80)93-76)94-75-69(87)66(84)65(83)61(55-78)91-75/h5,7,11-14,17-18,20-21,23-24,43,45,51,53,59-63,65-76,78-81,83-89H,3-4,6,8-10,15-16,19,22,25-42,44,46-50,52,54-58H2,1-2H3,(H,77,82)/b7-5-,13-11-,14-12+,18-17-,21-20-,24-23-,45-43+,53-51+. The zero-order valence-corrected chi connectivity index (χ0v) is 58.1. The second kappa shape index (κ2) is 56.5. The molecule has 0 aromatic heterocycles. The summed E-state index contributed by atoms with van der Waals surface area (Å²) in [6, 6.07) is -0.999. The Morgan fingerprint density at radius 2 is 0.737 bits per heavy atom.